The van der Waals surface area contributed by atoms with Crippen LogP contribution in [0.2, 0.25) is 0 Å². The molecule has 0 radical (unpaired) electrons. The summed E-state index contributed by atoms with van der Waals surface area (Å²) in [5, 5.41) is 7.22. The van der Waals surface area contributed by atoms with Crippen LogP contribution in [0, 0.1) is 0 Å². The van der Waals surface area contributed by atoms with Crippen LogP contribution in [-0.4, -0.2) is 23.7 Å². The second kappa shape index (κ2) is 9.15. The molecule has 0 N–H and O–H groups in total. The van der Waals surface area contributed by atoms with Crippen molar-refractivity contribution in [1.82, 2.24) is 23.7 Å². The highest BCUT2D eigenvalue weighted by Gasteiger charge is 2.24. The van der Waals surface area contributed by atoms with Crippen LogP contribution in [0.1, 0.15) is 0 Å². The average molecular weight is 576 g/mol. The largest absolute Gasteiger partial charge is 0.309 e. The maximum atomic E-state index is 4.96. The molecule has 5 aromatic carbocycles. The smallest absolute Gasteiger partial charge is 0.137 e. The average Bonchev–Trinajstić information content (AvgIpc) is 3.75. The Hall–Kier alpha value is -6.20. The van der Waals surface area contributed by atoms with E-state index in [1.165, 1.54) is 43.4 Å². The van der Waals surface area contributed by atoms with Gasteiger partial charge in [0, 0.05) is 50.4 Å². The van der Waals surface area contributed by atoms with E-state index in [4.69, 9.17) is 9.97 Å². The summed E-state index contributed by atoms with van der Waals surface area (Å²) >= 11 is 0. The molecule has 0 unspecified atom stereocenters. The summed E-state index contributed by atoms with van der Waals surface area (Å²) < 4.78 is 7.06. The van der Waals surface area contributed by atoms with E-state index < -0.39 is 0 Å². The van der Waals surface area contributed by atoms with Gasteiger partial charge in [-0.3, -0.25) is 9.13 Å². The quantitative estimate of drug-likeness (QED) is 0.210. The molecule has 45 heavy (non-hydrogen) atoms. The summed E-state index contributed by atoms with van der Waals surface area (Å²) in [5.74, 6) is 1.79. The lowest BCUT2D eigenvalue weighted by atomic mass is 10.1. The fourth-order valence-corrected chi connectivity index (χ4v) is 7.40. The van der Waals surface area contributed by atoms with Crippen molar-refractivity contribution in [3.05, 3.63) is 152 Å². The number of benzene rings is 5. The van der Waals surface area contributed by atoms with Gasteiger partial charge in [0.25, 0.3) is 0 Å². The molecule has 0 saturated heterocycles. The summed E-state index contributed by atoms with van der Waals surface area (Å²) in [6.45, 7) is 0. The Morgan fingerprint density at radius 3 is 1.40 bits per heavy atom. The first-order chi connectivity index (χ1) is 22.4. The number of aromatic nitrogens is 5. The lowest BCUT2D eigenvalue weighted by Crippen LogP contribution is -1.98. The minimum absolute atomic E-state index is 0.892. The van der Waals surface area contributed by atoms with Gasteiger partial charge >= 0.3 is 0 Å². The molecule has 5 aromatic heterocycles. The van der Waals surface area contributed by atoms with E-state index in [0.717, 1.165) is 39.4 Å². The van der Waals surface area contributed by atoms with Gasteiger partial charge in [-0.2, -0.15) is 0 Å². The van der Waals surface area contributed by atoms with Crippen LogP contribution in [0.4, 0.5) is 0 Å². The van der Waals surface area contributed by atoms with Gasteiger partial charge in [-0.1, -0.05) is 78.9 Å². The zero-order valence-electron chi connectivity index (χ0n) is 24.2. The molecule has 0 aliphatic carbocycles. The fraction of sp³-hybridized carbons (Fsp3) is 0. The van der Waals surface area contributed by atoms with Gasteiger partial charge < -0.3 is 4.57 Å². The third-order valence-corrected chi connectivity index (χ3v) is 9.13. The van der Waals surface area contributed by atoms with Gasteiger partial charge in [0.15, 0.2) is 0 Å². The normalized spacial score (nSPS) is 12.0. The molecular formula is C40H25N5. The lowest BCUT2D eigenvalue weighted by molar-refractivity contribution is 1.08. The van der Waals surface area contributed by atoms with Crippen LogP contribution < -0.4 is 0 Å². The molecule has 5 nitrogen and oxygen atoms in total. The van der Waals surface area contributed by atoms with Crippen LogP contribution in [0.5, 0.6) is 0 Å². The van der Waals surface area contributed by atoms with Crippen molar-refractivity contribution in [2.45, 2.75) is 0 Å². The Balaban J connectivity index is 1.48. The van der Waals surface area contributed by atoms with E-state index >= 15 is 0 Å². The van der Waals surface area contributed by atoms with Crippen molar-refractivity contribution >= 4 is 65.4 Å². The molecule has 0 atom stereocenters. The van der Waals surface area contributed by atoms with Crippen molar-refractivity contribution in [2.24, 2.45) is 0 Å². The number of pyridine rings is 2. The van der Waals surface area contributed by atoms with Gasteiger partial charge in [-0.05, 0) is 60.7 Å². The van der Waals surface area contributed by atoms with Crippen molar-refractivity contribution in [3.63, 3.8) is 0 Å². The summed E-state index contributed by atoms with van der Waals surface area (Å²) in [5.41, 5.74) is 8.05. The van der Waals surface area contributed by atoms with Gasteiger partial charge in [-0.25, -0.2) is 9.97 Å². The van der Waals surface area contributed by atoms with Crippen molar-refractivity contribution in [2.75, 3.05) is 0 Å². The maximum absolute atomic E-state index is 4.96. The Kier molecular flexibility index (Phi) is 4.93. The van der Waals surface area contributed by atoms with E-state index in [0.29, 0.717) is 0 Å². The molecule has 0 spiro atoms. The second-order valence-electron chi connectivity index (χ2n) is 11.5. The second-order valence-corrected chi connectivity index (χ2v) is 11.5. The molecule has 5 heterocycles. The zero-order valence-corrected chi connectivity index (χ0v) is 24.2. The Morgan fingerprint density at radius 1 is 0.333 bits per heavy atom. The van der Waals surface area contributed by atoms with E-state index in [2.05, 4.69) is 135 Å². The standard InChI is InChI=1S/C40H25N5/c1-2-12-26(13-3-1)43-31-16-6-4-14-29(31)37-33(43)22-20-27-28-21-23-34-38(40(28)45(39(27)37)36-19-9-11-25-42-36)30-15-5-7-17-32(30)44(34)35-18-8-10-24-41-35/h1-25H. The molecule has 10 rings (SSSR count). The Morgan fingerprint density at radius 2 is 0.822 bits per heavy atom. The molecule has 0 aliphatic rings. The van der Waals surface area contributed by atoms with Gasteiger partial charge in [0.2, 0.25) is 0 Å². The van der Waals surface area contributed by atoms with E-state index in [-0.39, 0.29) is 0 Å². The van der Waals surface area contributed by atoms with Crippen LogP contribution in [-0.2, 0) is 0 Å². The van der Waals surface area contributed by atoms with Crippen LogP contribution >= 0.6 is 0 Å². The third-order valence-electron chi connectivity index (χ3n) is 9.13. The third kappa shape index (κ3) is 3.27. The molecule has 5 heteroatoms. The summed E-state index contributed by atoms with van der Waals surface area (Å²) in [7, 11) is 0. The van der Waals surface area contributed by atoms with Crippen molar-refractivity contribution in [3.8, 4) is 17.3 Å². The summed E-state index contributed by atoms with van der Waals surface area (Å²) in [6, 6.07) is 49.4. The summed E-state index contributed by atoms with van der Waals surface area (Å²) in [6.07, 6.45) is 3.75. The van der Waals surface area contributed by atoms with Crippen molar-refractivity contribution in [1.29, 1.82) is 0 Å². The monoisotopic (exact) mass is 575 g/mol. The van der Waals surface area contributed by atoms with Gasteiger partial charge in [0.05, 0.1) is 33.1 Å². The topological polar surface area (TPSA) is 40.6 Å². The lowest BCUT2D eigenvalue weighted by Gasteiger charge is -2.10. The maximum Gasteiger partial charge on any atom is 0.137 e. The molecule has 0 bridgehead atoms. The van der Waals surface area contributed by atoms with E-state index in [9.17, 15) is 0 Å². The van der Waals surface area contributed by atoms with E-state index in [1.54, 1.807) is 0 Å². The van der Waals surface area contributed by atoms with Crippen LogP contribution in [0.15, 0.2) is 152 Å². The number of nitrogens with zero attached hydrogens (tertiary/aromatic N) is 5. The predicted octanol–water partition coefficient (Wildman–Crippen LogP) is 9.77. The highest BCUT2D eigenvalue weighted by molar-refractivity contribution is 6.31. The van der Waals surface area contributed by atoms with Crippen LogP contribution in [0.3, 0.4) is 0 Å². The molecule has 0 saturated carbocycles. The highest BCUT2D eigenvalue weighted by Crippen LogP contribution is 2.45. The molecule has 0 fully saturated rings. The SMILES string of the molecule is c1ccc(-n2c3ccccc3c3c2ccc2c4ccc5c(c6ccccc6n5-c5ccccn5)c4n(-c4ccccn4)c23)cc1. The van der Waals surface area contributed by atoms with Gasteiger partial charge in [0.1, 0.15) is 11.6 Å². The number of rotatable bonds is 3. The number of hydrogen-bond donors (Lipinski definition) is 0. The van der Waals surface area contributed by atoms with Crippen molar-refractivity contribution < 1.29 is 0 Å². The first-order valence-corrected chi connectivity index (χ1v) is 15.2. The number of fused-ring (bicyclic) bond motifs is 11. The number of hydrogen-bond acceptors (Lipinski definition) is 2. The summed E-state index contributed by atoms with van der Waals surface area (Å²) in [4.78, 5) is 9.73. The minimum atomic E-state index is 0.892. The minimum Gasteiger partial charge on any atom is -0.309 e. The van der Waals surface area contributed by atoms with E-state index in [1.807, 2.05) is 30.6 Å². The predicted molar refractivity (Wildman–Crippen MR) is 185 cm³/mol. The Bertz CT molecular complexity index is 2560. The molecule has 0 aliphatic heterocycles. The first kappa shape index (κ1) is 24.3. The molecule has 10 aromatic rings. The Labute approximate surface area is 257 Å². The molecule has 0 amide bonds. The van der Waals surface area contributed by atoms with Crippen LogP contribution in [0.25, 0.3) is 82.7 Å². The van der Waals surface area contributed by atoms with Gasteiger partial charge in [-0.15, -0.1) is 0 Å². The zero-order chi connectivity index (χ0) is 29.5. The fourth-order valence-electron chi connectivity index (χ4n) is 7.40. The first-order valence-electron chi connectivity index (χ1n) is 15.2. The number of para-hydroxylation sites is 3. The molecular weight excluding hydrogens is 550 g/mol. The molecule has 210 valence electrons. The highest BCUT2D eigenvalue weighted by atomic mass is 15.1.